The van der Waals surface area contributed by atoms with E-state index in [0.29, 0.717) is 36.1 Å². The number of carbonyl (C=O) groups is 2. The number of rotatable bonds is 12. The lowest BCUT2D eigenvalue weighted by Crippen LogP contribution is -2.33. The molecule has 0 spiro atoms. The SMILES string of the molecule is CC(=O)C(C)CCCC(C)NS(=O)(=O)c1cc(C(=O)Nc2cccc(C[N+](=O)[O-])c2)ccc1C. The molecule has 0 aliphatic heterocycles. The standard InChI is InChI=1S/C24H31N3O6S/c1-16(19(4)28)7-5-8-18(3)26-34(32,33)23-14-21(12-11-17(23)2)24(29)25-22-10-6-9-20(13-22)15-27(30)31/h6,9-14,16,18,26H,5,7-8,15H2,1-4H3,(H,25,29). The van der Waals surface area contributed by atoms with Crippen LogP contribution in [0.4, 0.5) is 5.69 Å². The minimum Gasteiger partial charge on any atom is -0.322 e. The highest BCUT2D eigenvalue weighted by Crippen LogP contribution is 2.20. The Bertz CT molecular complexity index is 1160. The molecule has 0 bridgehead atoms. The number of Topliss-reactive ketones (excluding diaryl/α,β-unsaturated/α-hetero) is 1. The normalized spacial score (nSPS) is 13.2. The minimum atomic E-state index is -3.88. The van der Waals surface area contributed by atoms with Crippen molar-refractivity contribution in [2.75, 3.05) is 5.32 Å². The van der Waals surface area contributed by atoms with Gasteiger partial charge in [-0.2, -0.15) is 0 Å². The smallest absolute Gasteiger partial charge is 0.255 e. The molecule has 34 heavy (non-hydrogen) atoms. The Labute approximate surface area is 200 Å². The van der Waals surface area contributed by atoms with E-state index >= 15 is 0 Å². The van der Waals surface area contributed by atoms with Crippen LogP contribution in [-0.2, 0) is 21.4 Å². The van der Waals surface area contributed by atoms with Crippen molar-refractivity contribution in [3.8, 4) is 0 Å². The molecule has 2 aromatic carbocycles. The second-order valence-corrected chi connectivity index (χ2v) is 10.3. The molecule has 9 nitrogen and oxygen atoms in total. The summed E-state index contributed by atoms with van der Waals surface area (Å²) in [5.74, 6) is -0.467. The predicted molar refractivity (Wildman–Crippen MR) is 130 cm³/mol. The molecule has 1 amide bonds. The van der Waals surface area contributed by atoms with Crippen molar-refractivity contribution in [2.24, 2.45) is 5.92 Å². The van der Waals surface area contributed by atoms with Crippen molar-refractivity contribution in [1.29, 1.82) is 0 Å². The van der Waals surface area contributed by atoms with Gasteiger partial charge in [0.25, 0.3) is 5.91 Å². The highest BCUT2D eigenvalue weighted by Gasteiger charge is 2.22. The summed E-state index contributed by atoms with van der Waals surface area (Å²) in [5.41, 5.74) is 1.45. The fourth-order valence-electron chi connectivity index (χ4n) is 3.45. The molecule has 2 unspecified atom stereocenters. The van der Waals surface area contributed by atoms with Crippen LogP contribution in [0.5, 0.6) is 0 Å². The van der Waals surface area contributed by atoms with Crippen LogP contribution in [0, 0.1) is 23.0 Å². The summed E-state index contributed by atoms with van der Waals surface area (Å²) in [4.78, 5) is 34.4. The zero-order valence-electron chi connectivity index (χ0n) is 19.8. The molecule has 0 heterocycles. The number of nitro groups is 1. The number of sulfonamides is 1. The van der Waals surface area contributed by atoms with E-state index in [2.05, 4.69) is 10.0 Å². The molecule has 2 aromatic rings. The third kappa shape index (κ3) is 8.03. The molecular formula is C24H31N3O6S. The number of amides is 1. The number of hydrogen-bond donors (Lipinski definition) is 2. The number of anilines is 1. The summed E-state index contributed by atoms with van der Waals surface area (Å²) < 4.78 is 28.6. The minimum absolute atomic E-state index is 0.00575. The average molecular weight is 490 g/mol. The lowest BCUT2D eigenvalue weighted by Gasteiger charge is -2.17. The Morgan fingerprint density at radius 1 is 1.09 bits per heavy atom. The monoisotopic (exact) mass is 489 g/mol. The van der Waals surface area contributed by atoms with Gasteiger partial charge in [0.1, 0.15) is 5.78 Å². The summed E-state index contributed by atoms with van der Waals surface area (Å²) in [7, 11) is -3.88. The molecule has 0 saturated carbocycles. The van der Waals surface area contributed by atoms with Crippen LogP contribution >= 0.6 is 0 Å². The van der Waals surface area contributed by atoms with Crippen molar-refractivity contribution >= 4 is 27.4 Å². The summed E-state index contributed by atoms with van der Waals surface area (Å²) in [6.07, 6.45) is 1.98. The lowest BCUT2D eigenvalue weighted by atomic mass is 9.99. The van der Waals surface area contributed by atoms with Gasteiger partial charge in [0, 0.05) is 33.7 Å². The van der Waals surface area contributed by atoms with Crippen LogP contribution in [0.2, 0.25) is 0 Å². The highest BCUT2D eigenvalue weighted by molar-refractivity contribution is 7.89. The number of hydrogen-bond acceptors (Lipinski definition) is 6. The average Bonchev–Trinajstić information content (AvgIpc) is 2.73. The maximum absolute atomic E-state index is 13.0. The van der Waals surface area contributed by atoms with Crippen LogP contribution < -0.4 is 10.0 Å². The lowest BCUT2D eigenvalue weighted by molar-refractivity contribution is -0.496. The molecule has 184 valence electrons. The van der Waals surface area contributed by atoms with Crippen molar-refractivity contribution in [2.45, 2.75) is 64.4 Å². The molecule has 2 rings (SSSR count). The quantitative estimate of drug-likeness (QED) is 0.340. The van der Waals surface area contributed by atoms with Gasteiger partial charge in [-0.15, -0.1) is 0 Å². The van der Waals surface area contributed by atoms with Gasteiger partial charge in [0.2, 0.25) is 16.6 Å². The highest BCUT2D eigenvalue weighted by atomic mass is 32.2. The maximum Gasteiger partial charge on any atom is 0.255 e. The van der Waals surface area contributed by atoms with Crippen molar-refractivity contribution in [1.82, 2.24) is 4.72 Å². The number of nitrogens with one attached hydrogen (secondary N) is 2. The Morgan fingerprint density at radius 2 is 1.79 bits per heavy atom. The number of carbonyl (C=O) groups excluding carboxylic acids is 2. The molecule has 2 N–H and O–H groups in total. The van der Waals surface area contributed by atoms with Crippen LogP contribution in [0.15, 0.2) is 47.4 Å². The van der Waals surface area contributed by atoms with Gasteiger partial charge in [-0.3, -0.25) is 19.7 Å². The van der Waals surface area contributed by atoms with E-state index in [0.717, 1.165) is 0 Å². The Hall–Kier alpha value is -3.11. The first-order valence-electron chi connectivity index (χ1n) is 11.0. The van der Waals surface area contributed by atoms with E-state index in [1.807, 2.05) is 6.92 Å². The van der Waals surface area contributed by atoms with Crippen LogP contribution in [0.3, 0.4) is 0 Å². The molecule has 2 atom stereocenters. The van der Waals surface area contributed by atoms with E-state index < -0.39 is 20.9 Å². The van der Waals surface area contributed by atoms with Gasteiger partial charge in [0.05, 0.1) is 4.90 Å². The molecule has 0 aliphatic rings. The second-order valence-electron chi connectivity index (χ2n) is 8.59. The summed E-state index contributed by atoms with van der Waals surface area (Å²) in [6.45, 7) is 6.45. The summed E-state index contributed by atoms with van der Waals surface area (Å²) >= 11 is 0. The zero-order chi connectivity index (χ0) is 25.5. The first kappa shape index (κ1) is 27.1. The van der Waals surface area contributed by atoms with Crippen LogP contribution in [0.25, 0.3) is 0 Å². The molecule has 0 saturated heterocycles. The predicted octanol–water partition coefficient (Wildman–Crippen LogP) is 4.09. The third-order valence-electron chi connectivity index (χ3n) is 5.56. The van der Waals surface area contributed by atoms with E-state index in [1.54, 1.807) is 45.0 Å². The van der Waals surface area contributed by atoms with Gasteiger partial charge in [-0.05, 0) is 63.4 Å². The topological polar surface area (TPSA) is 135 Å². The van der Waals surface area contributed by atoms with E-state index in [-0.39, 0.29) is 34.7 Å². The number of benzene rings is 2. The molecule has 10 heteroatoms. The fraction of sp³-hybridized carbons (Fsp3) is 0.417. The fourth-order valence-corrected chi connectivity index (χ4v) is 5.00. The van der Waals surface area contributed by atoms with Crippen molar-refractivity contribution < 1.29 is 22.9 Å². The largest absolute Gasteiger partial charge is 0.322 e. The number of ketones is 1. The summed E-state index contributed by atoms with van der Waals surface area (Å²) in [5, 5.41) is 13.4. The van der Waals surface area contributed by atoms with Crippen molar-refractivity contribution in [3.05, 3.63) is 69.3 Å². The van der Waals surface area contributed by atoms with Gasteiger partial charge in [0.15, 0.2) is 0 Å². The third-order valence-corrected chi connectivity index (χ3v) is 7.29. The maximum atomic E-state index is 13.0. The molecular weight excluding hydrogens is 458 g/mol. The van der Waals surface area contributed by atoms with E-state index in [1.165, 1.54) is 18.2 Å². The Kier molecular flexibility index (Phi) is 9.46. The first-order chi connectivity index (χ1) is 15.9. The van der Waals surface area contributed by atoms with E-state index in [9.17, 15) is 28.1 Å². The van der Waals surface area contributed by atoms with Gasteiger partial charge < -0.3 is 5.32 Å². The first-order valence-corrected chi connectivity index (χ1v) is 12.5. The zero-order valence-corrected chi connectivity index (χ0v) is 20.6. The van der Waals surface area contributed by atoms with Gasteiger partial charge in [-0.1, -0.05) is 31.5 Å². The Morgan fingerprint density at radius 3 is 2.44 bits per heavy atom. The number of nitrogens with zero attached hydrogens (tertiary/aromatic N) is 1. The molecule has 0 aliphatic carbocycles. The molecule has 0 fully saturated rings. The van der Waals surface area contributed by atoms with Gasteiger partial charge in [-0.25, -0.2) is 13.1 Å². The van der Waals surface area contributed by atoms with Crippen molar-refractivity contribution in [3.63, 3.8) is 0 Å². The van der Waals surface area contributed by atoms with E-state index in [4.69, 9.17) is 0 Å². The second kappa shape index (κ2) is 11.8. The summed E-state index contributed by atoms with van der Waals surface area (Å²) in [6, 6.07) is 10.4. The van der Waals surface area contributed by atoms with Gasteiger partial charge >= 0.3 is 0 Å². The van der Waals surface area contributed by atoms with Crippen LogP contribution in [0.1, 0.15) is 61.5 Å². The Balaban J connectivity index is 2.11. The number of aryl methyl sites for hydroxylation is 1. The van der Waals surface area contributed by atoms with Crippen LogP contribution in [-0.4, -0.2) is 31.1 Å². The molecule has 0 aromatic heterocycles. The molecule has 0 radical (unpaired) electrons.